The Morgan fingerprint density at radius 1 is 1.24 bits per heavy atom. The number of H-pyrrole nitrogens is 1. The van der Waals surface area contributed by atoms with Crippen LogP contribution in [0.5, 0.6) is 5.75 Å². The van der Waals surface area contributed by atoms with Gasteiger partial charge in [0.15, 0.2) is 5.69 Å². The molecule has 110 valence electrons. The van der Waals surface area contributed by atoms with Crippen molar-refractivity contribution in [3.63, 3.8) is 0 Å². The van der Waals surface area contributed by atoms with E-state index in [1.165, 1.54) is 0 Å². The molecule has 0 aliphatic heterocycles. The molecule has 6 nitrogen and oxygen atoms in total. The number of nitrogens with zero attached hydrogens (tertiary/aromatic N) is 1. The van der Waals surface area contributed by atoms with Gasteiger partial charge >= 0.3 is 5.97 Å². The molecule has 0 radical (unpaired) electrons. The number of aromatic nitrogens is 2. The number of esters is 1. The third kappa shape index (κ3) is 3.92. The first kappa shape index (κ1) is 14.8. The van der Waals surface area contributed by atoms with Crippen LogP contribution in [0.25, 0.3) is 0 Å². The van der Waals surface area contributed by atoms with Crippen LogP contribution in [-0.4, -0.2) is 22.1 Å². The van der Waals surface area contributed by atoms with Gasteiger partial charge in [-0.25, -0.2) is 4.79 Å². The van der Waals surface area contributed by atoms with Gasteiger partial charge < -0.3 is 10.1 Å². The Kier molecular flexibility index (Phi) is 4.37. The van der Waals surface area contributed by atoms with Crippen molar-refractivity contribution in [1.82, 2.24) is 10.2 Å². The van der Waals surface area contributed by atoms with Gasteiger partial charge in [-0.2, -0.15) is 5.10 Å². The molecule has 0 fully saturated rings. The Bertz CT molecular complexity index is 644. The number of aromatic amines is 1. The monoisotopic (exact) mass is 287 g/mol. The molecule has 0 atom stereocenters. The molecule has 0 saturated heterocycles. The normalized spacial score (nSPS) is 10.5. The SMILES string of the molecule is Cc1cc(C(=O)Oc2ccc(NC(=O)C(C)C)cc2)n[nH]1. The number of anilines is 1. The number of carbonyl (C=O) groups is 2. The van der Waals surface area contributed by atoms with Crippen molar-refractivity contribution < 1.29 is 14.3 Å². The summed E-state index contributed by atoms with van der Waals surface area (Å²) < 4.78 is 5.19. The molecule has 1 aromatic carbocycles. The van der Waals surface area contributed by atoms with Gasteiger partial charge in [0.2, 0.25) is 5.91 Å². The Morgan fingerprint density at radius 3 is 2.43 bits per heavy atom. The van der Waals surface area contributed by atoms with Crippen molar-refractivity contribution in [1.29, 1.82) is 0 Å². The zero-order valence-corrected chi connectivity index (χ0v) is 12.1. The predicted molar refractivity (Wildman–Crippen MR) is 78.2 cm³/mol. The van der Waals surface area contributed by atoms with Crippen LogP contribution < -0.4 is 10.1 Å². The number of hydrogen-bond donors (Lipinski definition) is 2. The van der Waals surface area contributed by atoms with Gasteiger partial charge in [-0.05, 0) is 37.3 Å². The minimum absolute atomic E-state index is 0.0632. The standard InChI is InChI=1S/C15H17N3O3/c1-9(2)14(19)16-11-4-6-12(7-5-11)21-15(20)13-8-10(3)17-18-13/h4-9H,1-3H3,(H,16,19)(H,17,18). The summed E-state index contributed by atoms with van der Waals surface area (Å²) in [6.45, 7) is 5.44. The maximum atomic E-state index is 11.8. The van der Waals surface area contributed by atoms with Gasteiger partial charge in [0.25, 0.3) is 0 Å². The van der Waals surface area contributed by atoms with Crippen LogP contribution in [0, 0.1) is 12.8 Å². The minimum atomic E-state index is -0.529. The Hall–Kier alpha value is -2.63. The molecule has 1 aromatic heterocycles. The fourth-order valence-electron chi connectivity index (χ4n) is 1.57. The number of amides is 1. The van der Waals surface area contributed by atoms with Crippen molar-refractivity contribution >= 4 is 17.6 Å². The van der Waals surface area contributed by atoms with Crippen molar-refractivity contribution in [3.8, 4) is 5.75 Å². The average Bonchev–Trinajstić information content (AvgIpc) is 2.87. The van der Waals surface area contributed by atoms with Crippen molar-refractivity contribution in [2.45, 2.75) is 20.8 Å². The average molecular weight is 287 g/mol. The molecule has 0 spiro atoms. The van der Waals surface area contributed by atoms with Gasteiger partial charge in [-0.3, -0.25) is 9.89 Å². The van der Waals surface area contributed by atoms with E-state index in [9.17, 15) is 9.59 Å². The van der Waals surface area contributed by atoms with Crippen LogP contribution in [-0.2, 0) is 4.79 Å². The summed E-state index contributed by atoms with van der Waals surface area (Å²) in [5.41, 5.74) is 1.67. The number of aryl methyl sites for hydroxylation is 1. The highest BCUT2D eigenvalue weighted by molar-refractivity contribution is 5.92. The maximum absolute atomic E-state index is 11.8. The lowest BCUT2D eigenvalue weighted by atomic mass is 10.2. The second-order valence-corrected chi connectivity index (χ2v) is 4.99. The molecular weight excluding hydrogens is 270 g/mol. The van der Waals surface area contributed by atoms with E-state index in [-0.39, 0.29) is 17.5 Å². The zero-order chi connectivity index (χ0) is 15.4. The quantitative estimate of drug-likeness (QED) is 0.668. The van der Waals surface area contributed by atoms with E-state index >= 15 is 0 Å². The fraction of sp³-hybridized carbons (Fsp3) is 0.267. The molecule has 21 heavy (non-hydrogen) atoms. The molecule has 0 unspecified atom stereocenters. The van der Waals surface area contributed by atoms with E-state index in [1.54, 1.807) is 37.3 Å². The lowest BCUT2D eigenvalue weighted by molar-refractivity contribution is -0.118. The van der Waals surface area contributed by atoms with Gasteiger partial charge in [-0.1, -0.05) is 13.8 Å². The van der Waals surface area contributed by atoms with Crippen molar-refractivity contribution in [3.05, 3.63) is 41.7 Å². The molecule has 2 rings (SSSR count). The zero-order valence-electron chi connectivity index (χ0n) is 12.1. The number of carbonyl (C=O) groups excluding carboxylic acids is 2. The van der Waals surface area contributed by atoms with Gasteiger partial charge in [0.1, 0.15) is 5.75 Å². The Morgan fingerprint density at radius 2 is 1.90 bits per heavy atom. The summed E-state index contributed by atoms with van der Waals surface area (Å²) in [6, 6.07) is 8.21. The lowest BCUT2D eigenvalue weighted by Crippen LogP contribution is -2.17. The van der Waals surface area contributed by atoms with Crippen molar-refractivity contribution in [2.75, 3.05) is 5.32 Å². The fourth-order valence-corrected chi connectivity index (χ4v) is 1.57. The summed E-state index contributed by atoms with van der Waals surface area (Å²) in [7, 11) is 0. The molecule has 2 aromatic rings. The first-order valence-corrected chi connectivity index (χ1v) is 6.61. The van der Waals surface area contributed by atoms with E-state index in [4.69, 9.17) is 4.74 Å². The van der Waals surface area contributed by atoms with E-state index in [2.05, 4.69) is 15.5 Å². The third-order valence-corrected chi connectivity index (χ3v) is 2.77. The van der Waals surface area contributed by atoms with E-state index in [0.717, 1.165) is 5.69 Å². The Balaban J connectivity index is 1.99. The lowest BCUT2D eigenvalue weighted by Gasteiger charge is -2.08. The van der Waals surface area contributed by atoms with Crippen molar-refractivity contribution in [2.24, 2.45) is 5.92 Å². The first-order valence-electron chi connectivity index (χ1n) is 6.61. The third-order valence-electron chi connectivity index (χ3n) is 2.77. The number of ether oxygens (including phenoxy) is 1. The number of hydrogen-bond acceptors (Lipinski definition) is 4. The van der Waals surface area contributed by atoms with E-state index in [1.807, 2.05) is 13.8 Å². The van der Waals surface area contributed by atoms with Crippen LogP contribution in [0.1, 0.15) is 30.0 Å². The first-order chi connectivity index (χ1) is 9.95. The van der Waals surface area contributed by atoms with Gasteiger partial charge in [0, 0.05) is 17.3 Å². The summed E-state index contributed by atoms with van der Waals surface area (Å²) in [6.07, 6.45) is 0. The number of benzene rings is 1. The highest BCUT2D eigenvalue weighted by Gasteiger charge is 2.12. The predicted octanol–water partition coefficient (Wildman–Crippen LogP) is 2.53. The molecule has 1 heterocycles. The van der Waals surface area contributed by atoms with Crippen LogP contribution in [0.4, 0.5) is 5.69 Å². The summed E-state index contributed by atoms with van der Waals surface area (Å²) in [4.78, 5) is 23.4. The maximum Gasteiger partial charge on any atom is 0.364 e. The summed E-state index contributed by atoms with van der Waals surface area (Å²) in [5.74, 6) is -0.293. The molecule has 0 bridgehead atoms. The van der Waals surface area contributed by atoms with E-state index in [0.29, 0.717) is 11.4 Å². The highest BCUT2D eigenvalue weighted by atomic mass is 16.5. The summed E-state index contributed by atoms with van der Waals surface area (Å²) >= 11 is 0. The molecule has 6 heteroatoms. The topological polar surface area (TPSA) is 84.1 Å². The number of nitrogens with one attached hydrogen (secondary N) is 2. The summed E-state index contributed by atoms with van der Waals surface area (Å²) in [5, 5.41) is 9.27. The Labute approximate surface area is 122 Å². The second-order valence-electron chi connectivity index (χ2n) is 4.99. The largest absolute Gasteiger partial charge is 0.422 e. The molecule has 1 amide bonds. The van der Waals surface area contributed by atoms with Crippen LogP contribution in [0.15, 0.2) is 30.3 Å². The second kappa shape index (κ2) is 6.21. The van der Waals surface area contributed by atoms with Crippen LogP contribution in [0.2, 0.25) is 0 Å². The molecule has 2 N–H and O–H groups in total. The van der Waals surface area contributed by atoms with E-state index < -0.39 is 5.97 Å². The molecule has 0 aliphatic rings. The molecule has 0 aliphatic carbocycles. The van der Waals surface area contributed by atoms with Gasteiger partial charge in [0.05, 0.1) is 0 Å². The van der Waals surface area contributed by atoms with Gasteiger partial charge in [-0.15, -0.1) is 0 Å². The molecule has 0 saturated carbocycles. The van der Waals surface area contributed by atoms with Crippen LogP contribution in [0.3, 0.4) is 0 Å². The van der Waals surface area contributed by atoms with Crippen LogP contribution >= 0.6 is 0 Å². The minimum Gasteiger partial charge on any atom is -0.422 e. The highest BCUT2D eigenvalue weighted by Crippen LogP contribution is 2.17. The smallest absolute Gasteiger partial charge is 0.364 e. The molecular formula is C15H17N3O3. The number of rotatable bonds is 4.